The van der Waals surface area contributed by atoms with Gasteiger partial charge in [-0.2, -0.15) is 0 Å². The first-order valence-corrected chi connectivity index (χ1v) is 12.4. The van der Waals surface area contributed by atoms with Gasteiger partial charge in [0.25, 0.3) is 0 Å². The van der Waals surface area contributed by atoms with Crippen molar-refractivity contribution >= 4 is 0 Å². The van der Waals surface area contributed by atoms with Crippen LogP contribution in [0.5, 0.6) is 0 Å². The van der Waals surface area contributed by atoms with Gasteiger partial charge in [-0.05, 0) is 37.7 Å². The summed E-state index contributed by atoms with van der Waals surface area (Å²) in [6, 6.07) is 10.8. The summed E-state index contributed by atoms with van der Waals surface area (Å²) in [6.07, 6.45) is 21.8. The molecule has 1 aromatic carbocycles. The van der Waals surface area contributed by atoms with Gasteiger partial charge in [0.1, 0.15) is 5.82 Å². The first-order valence-electron chi connectivity index (χ1n) is 12.4. The molecular formula is C27H44N2. The summed E-state index contributed by atoms with van der Waals surface area (Å²) in [5.41, 5.74) is 2.74. The summed E-state index contributed by atoms with van der Waals surface area (Å²) < 4.78 is 2.48. The van der Waals surface area contributed by atoms with Crippen molar-refractivity contribution < 1.29 is 0 Å². The van der Waals surface area contributed by atoms with Crippen molar-refractivity contribution in [1.82, 2.24) is 9.55 Å². The number of hydrogen-bond donors (Lipinski definition) is 0. The van der Waals surface area contributed by atoms with Crippen LogP contribution in [-0.4, -0.2) is 9.55 Å². The van der Waals surface area contributed by atoms with Crippen LogP contribution in [-0.2, 0) is 25.8 Å². The minimum atomic E-state index is 1.10. The van der Waals surface area contributed by atoms with Crippen molar-refractivity contribution in [3.8, 4) is 0 Å². The topological polar surface area (TPSA) is 17.8 Å². The zero-order chi connectivity index (χ0) is 20.6. The van der Waals surface area contributed by atoms with E-state index in [0.717, 1.165) is 25.8 Å². The van der Waals surface area contributed by atoms with Crippen molar-refractivity contribution in [3.05, 3.63) is 53.6 Å². The SMILES string of the molecule is CCCCCCCCn1cc(CCCc2ccccc2)nc1CCCCCCC. The molecule has 0 aliphatic carbocycles. The third-order valence-electron chi connectivity index (χ3n) is 5.91. The number of unbranched alkanes of at least 4 members (excludes halogenated alkanes) is 9. The molecule has 2 heteroatoms. The van der Waals surface area contributed by atoms with E-state index in [4.69, 9.17) is 4.98 Å². The van der Waals surface area contributed by atoms with Crippen molar-refractivity contribution in [2.75, 3.05) is 0 Å². The Bertz CT molecular complexity index is 629. The summed E-state index contributed by atoms with van der Waals surface area (Å²) >= 11 is 0. The first-order chi connectivity index (χ1) is 14.3. The van der Waals surface area contributed by atoms with Crippen LogP contribution in [0.4, 0.5) is 0 Å². The molecule has 0 bridgehead atoms. The van der Waals surface area contributed by atoms with Gasteiger partial charge in [0, 0.05) is 19.2 Å². The second kappa shape index (κ2) is 15.3. The van der Waals surface area contributed by atoms with Gasteiger partial charge in [0.15, 0.2) is 0 Å². The lowest BCUT2D eigenvalue weighted by Gasteiger charge is -2.08. The molecule has 0 aliphatic heterocycles. The Labute approximate surface area is 180 Å². The summed E-state index contributed by atoms with van der Waals surface area (Å²) in [4.78, 5) is 5.05. The lowest BCUT2D eigenvalue weighted by atomic mass is 10.1. The Morgan fingerprint density at radius 2 is 1.31 bits per heavy atom. The molecule has 0 N–H and O–H groups in total. The van der Waals surface area contributed by atoms with E-state index in [1.165, 1.54) is 94.1 Å². The van der Waals surface area contributed by atoms with Crippen LogP contribution in [0, 0.1) is 0 Å². The van der Waals surface area contributed by atoms with Gasteiger partial charge >= 0.3 is 0 Å². The van der Waals surface area contributed by atoms with Crippen LogP contribution in [0.15, 0.2) is 36.5 Å². The lowest BCUT2D eigenvalue weighted by molar-refractivity contribution is 0.537. The van der Waals surface area contributed by atoms with E-state index in [1.54, 1.807) is 0 Å². The molecular weight excluding hydrogens is 352 g/mol. The van der Waals surface area contributed by atoms with E-state index in [9.17, 15) is 0 Å². The molecule has 2 aromatic rings. The maximum atomic E-state index is 5.05. The molecule has 2 nitrogen and oxygen atoms in total. The van der Waals surface area contributed by atoms with E-state index in [2.05, 4.69) is 54.9 Å². The molecule has 29 heavy (non-hydrogen) atoms. The Morgan fingerprint density at radius 1 is 0.655 bits per heavy atom. The summed E-state index contributed by atoms with van der Waals surface area (Å²) in [5, 5.41) is 0. The molecule has 0 saturated heterocycles. The number of rotatable bonds is 17. The third kappa shape index (κ3) is 10.1. The summed E-state index contributed by atoms with van der Waals surface area (Å²) in [5.74, 6) is 1.34. The van der Waals surface area contributed by atoms with Crippen molar-refractivity contribution in [2.45, 2.75) is 117 Å². The standard InChI is InChI=1S/C27H44N2/c1-3-5-7-9-11-16-23-29-24-26(21-17-20-25-18-13-12-14-19-25)28-27(29)22-15-10-8-6-4-2/h12-14,18-19,24H,3-11,15-17,20-23H2,1-2H3. The second-order valence-corrected chi connectivity index (χ2v) is 8.61. The van der Waals surface area contributed by atoms with Gasteiger partial charge in [0.05, 0.1) is 5.69 Å². The number of aryl methyl sites for hydroxylation is 4. The van der Waals surface area contributed by atoms with Crippen LogP contribution in [0.3, 0.4) is 0 Å². The van der Waals surface area contributed by atoms with Crippen LogP contribution in [0.2, 0.25) is 0 Å². The largest absolute Gasteiger partial charge is 0.335 e. The molecule has 0 aliphatic rings. The Hall–Kier alpha value is -1.57. The normalized spacial score (nSPS) is 11.2. The maximum Gasteiger partial charge on any atom is 0.108 e. The molecule has 1 heterocycles. The average molecular weight is 397 g/mol. The van der Waals surface area contributed by atoms with Gasteiger partial charge < -0.3 is 4.57 Å². The summed E-state index contributed by atoms with van der Waals surface area (Å²) in [6.45, 7) is 5.73. The predicted octanol–water partition coefficient (Wildman–Crippen LogP) is 7.93. The quantitative estimate of drug-likeness (QED) is 0.248. The average Bonchev–Trinajstić information content (AvgIpc) is 3.13. The zero-order valence-corrected chi connectivity index (χ0v) is 19.2. The van der Waals surface area contributed by atoms with Gasteiger partial charge in [-0.15, -0.1) is 0 Å². The van der Waals surface area contributed by atoms with Crippen LogP contribution >= 0.6 is 0 Å². The molecule has 0 saturated carbocycles. The van der Waals surface area contributed by atoms with Crippen LogP contribution in [0.25, 0.3) is 0 Å². The minimum Gasteiger partial charge on any atom is -0.335 e. The highest BCUT2D eigenvalue weighted by Crippen LogP contribution is 2.15. The molecule has 2 rings (SSSR count). The molecule has 0 spiro atoms. The smallest absolute Gasteiger partial charge is 0.108 e. The van der Waals surface area contributed by atoms with Crippen molar-refractivity contribution in [3.63, 3.8) is 0 Å². The van der Waals surface area contributed by atoms with Crippen LogP contribution < -0.4 is 0 Å². The fourth-order valence-corrected chi connectivity index (χ4v) is 4.09. The van der Waals surface area contributed by atoms with Crippen LogP contribution in [0.1, 0.15) is 108 Å². The van der Waals surface area contributed by atoms with Gasteiger partial charge in [0.2, 0.25) is 0 Å². The number of imidazole rings is 1. The van der Waals surface area contributed by atoms with E-state index in [-0.39, 0.29) is 0 Å². The van der Waals surface area contributed by atoms with Crippen molar-refractivity contribution in [1.29, 1.82) is 0 Å². The Balaban J connectivity index is 1.82. The fourth-order valence-electron chi connectivity index (χ4n) is 4.09. The zero-order valence-electron chi connectivity index (χ0n) is 19.2. The highest BCUT2D eigenvalue weighted by atomic mass is 15.1. The van der Waals surface area contributed by atoms with E-state index < -0.39 is 0 Å². The van der Waals surface area contributed by atoms with E-state index in [1.807, 2.05) is 0 Å². The first kappa shape index (κ1) is 23.7. The molecule has 0 amide bonds. The fraction of sp³-hybridized carbons (Fsp3) is 0.667. The highest BCUT2D eigenvalue weighted by Gasteiger charge is 2.08. The van der Waals surface area contributed by atoms with E-state index in [0.29, 0.717) is 0 Å². The number of hydrogen-bond acceptors (Lipinski definition) is 1. The van der Waals surface area contributed by atoms with E-state index >= 15 is 0 Å². The number of aromatic nitrogens is 2. The second-order valence-electron chi connectivity index (χ2n) is 8.61. The van der Waals surface area contributed by atoms with Gasteiger partial charge in [-0.25, -0.2) is 4.98 Å². The molecule has 162 valence electrons. The minimum absolute atomic E-state index is 1.10. The third-order valence-corrected chi connectivity index (χ3v) is 5.91. The molecule has 1 aromatic heterocycles. The lowest BCUT2D eigenvalue weighted by Crippen LogP contribution is -2.03. The Kier molecular flexibility index (Phi) is 12.5. The predicted molar refractivity (Wildman–Crippen MR) is 127 cm³/mol. The number of nitrogens with zero attached hydrogens (tertiary/aromatic N) is 2. The number of benzene rings is 1. The van der Waals surface area contributed by atoms with Crippen molar-refractivity contribution in [2.24, 2.45) is 0 Å². The molecule has 0 unspecified atom stereocenters. The maximum absolute atomic E-state index is 5.05. The Morgan fingerprint density at radius 3 is 2.03 bits per heavy atom. The highest BCUT2D eigenvalue weighted by molar-refractivity contribution is 5.15. The van der Waals surface area contributed by atoms with Gasteiger partial charge in [-0.1, -0.05) is 102 Å². The van der Waals surface area contributed by atoms with Gasteiger partial charge in [-0.3, -0.25) is 0 Å². The molecule has 0 radical (unpaired) electrons. The molecule has 0 atom stereocenters. The molecule has 0 fully saturated rings. The monoisotopic (exact) mass is 396 g/mol. The summed E-state index contributed by atoms with van der Waals surface area (Å²) in [7, 11) is 0.